The lowest BCUT2D eigenvalue weighted by Gasteiger charge is -2.31. The number of benzene rings is 1. The van der Waals surface area contributed by atoms with Gasteiger partial charge in [0, 0.05) is 23.8 Å². The van der Waals surface area contributed by atoms with Crippen molar-refractivity contribution in [1.82, 2.24) is 24.4 Å². The molecule has 1 amide bonds. The van der Waals surface area contributed by atoms with Crippen LogP contribution in [0.3, 0.4) is 0 Å². The molecule has 4 aromatic rings. The van der Waals surface area contributed by atoms with Gasteiger partial charge in [0.2, 0.25) is 0 Å². The van der Waals surface area contributed by atoms with Crippen molar-refractivity contribution >= 4 is 28.3 Å². The number of nitrogens with one attached hydrogen (secondary N) is 1. The number of hydrogen-bond donors (Lipinski definition) is 2. The van der Waals surface area contributed by atoms with E-state index in [0.717, 1.165) is 30.2 Å². The van der Waals surface area contributed by atoms with Crippen LogP contribution in [0.5, 0.6) is 5.75 Å². The van der Waals surface area contributed by atoms with Gasteiger partial charge in [-0.1, -0.05) is 6.92 Å². The molecule has 3 atom stereocenters. The summed E-state index contributed by atoms with van der Waals surface area (Å²) in [5.41, 5.74) is 1.82. The van der Waals surface area contributed by atoms with Gasteiger partial charge >= 0.3 is 0 Å². The van der Waals surface area contributed by atoms with Gasteiger partial charge in [-0.15, -0.1) is 0 Å². The summed E-state index contributed by atoms with van der Waals surface area (Å²) < 4.78 is 9.02. The van der Waals surface area contributed by atoms with Crippen LogP contribution in [0.1, 0.15) is 42.6 Å². The van der Waals surface area contributed by atoms with Crippen LogP contribution in [0.4, 0.5) is 5.82 Å². The van der Waals surface area contributed by atoms with Gasteiger partial charge in [-0.05, 0) is 43.4 Å². The average molecular weight is 420 g/mol. The van der Waals surface area contributed by atoms with Crippen LogP contribution in [-0.2, 0) is 0 Å². The highest BCUT2D eigenvalue weighted by molar-refractivity contribution is 6.08. The third-order valence-corrected chi connectivity index (χ3v) is 6.08. The molecule has 1 saturated carbocycles. The van der Waals surface area contributed by atoms with Crippen molar-refractivity contribution in [3.8, 4) is 5.75 Å². The molecule has 0 saturated heterocycles. The number of fused-ring (bicyclic) bond motifs is 2. The van der Waals surface area contributed by atoms with E-state index in [4.69, 9.17) is 9.84 Å². The van der Waals surface area contributed by atoms with Crippen molar-refractivity contribution in [2.45, 2.75) is 38.3 Å². The van der Waals surface area contributed by atoms with E-state index in [-0.39, 0.29) is 24.0 Å². The molecule has 0 aliphatic heterocycles. The van der Waals surface area contributed by atoms with Gasteiger partial charge in [-0.2, -0.15) is 14.7 Å². The molecule has 0 spiro atoms. The molecule has 1 aliphatic carbocycles. The van der Waals surface area contributed by atoms with Gasteiger partial charge in [-0.3, -0.25) is 9.48 Å². The number of amides is 1. The highest BCUT2D eigenvalue weighted by Gasteiger charge is 2.28. The predicted octanol–water partition coefficient (Wildman–Crippen LogP) is 3.06. The largest absolute Gasteiger partial charge is 0.496 e. The Kier molecular flexibility index (Phi) is 4.82. The van der Waals surface area contributed by atoms with E-state index in [1.807, 2.05) is 16.9 Å². The highest BCUT2D eigenvalue weighted by Crippen LogP contribution is 2.34. The molecule has 3 heterocycles. The minimum Gasteiger partial charge on any atom is -0.496 e. The SMILES string of the molecule is COc1cc2nn([C@H]3CC[C@H](O)[C@@H](C)C3)cc2cc1C(=O)Nc1cnc2cccnn12. The fraction of sp³-hybridized carbons (Fsp3) is 0.364. The van der Waals surface area contributed by atoms with Gasteiger partial charge in [0.1, 0.15) is 5.75 Å². The molecule has 9 nitrogen and oxygen atoms in total. The molecule has 0 unspecified atom stereocenters. The van der Waals surface area contributed by atoms with E-state index in [0.29, 0.717) is 22.8 Å². The first-order chi connectivity index (χ1) is 15.0. The topological polar surface area (TPSA) is 107 Å². The van der Waals surface area contributed by atoms with Crippen LogP contribution >= 0.6 is 0 Å². The predicted molar refractivity (Wildman–Crippen MR) is 115 cm³/mol. The molecule has 2 N–H and O–H groups in total. The first-order valence-electron chi connectivity index (χ1n) is 10.4. The van der Waals surface area contributed by atoms with Gasteiger partial charge in [-0.25, -0.2) is 4.98 Å². The molecular formula is C22H24N6O3. The zero-order chi connectivity index (χ0) is 21.5. The second-order valence-corrected chi connectivity index (χ2v) is 8.12. The zero-order valence-corrected chi connectivity index (χ0v) is 17.4. The molecule has 1 fully saturated rings. The summed E-state index contributed by atoms with van der Waals surface area (Å²) in [7, 11) is 1.54. The minimum absolute atomic E-state index is 0.235. The number of carbonyl (C=O) groups is 1. The lowest BCUT2D eigenvalue weighted by molar-refractivity contribution is 0.0574. The van der Waals surface area contributed by atoms with Gasteiger partial charge in [0.05, 0.1) is 36.5 Å². The normalized spacial score (nSPS) is 21.5. The van der Waals surface area contributed by atoms with Crippen LogP contribution in [0.25, 0.3) is 16.6 Å². The van der Waals surface area contributed by atoms with E-state index in [2.05, 4.69) is 22.3 Å². The number of aromatic nitrogens is 5. The first kappa shape index (κ1) is 19.5. The summed E-state index contributed by atoms with van der Waals surface area (Å²) in [6, 6.07) is 7.42. The number of rotatable bonds is 4. The summed E-state index contributed by atoms with van der Waals surface area (Å²) in [6.07, 6.45) is 7.46. The molecule has 1 aromatic carbocycles. The van der Waals surface area contributed by atoms with Gasteiger partial charge < -0.3 is 15.2 Å². The standard InChI is InChI=1S/C22H24N6O3/c1-13-8-15(5-6-18(13)29)27-12-14-9-16(19(31-2)10-17(14)26-27)22(30)25-21-11-23-20-4-3-7-24-28(20)21/h3-4,7,9-13,15,18,29H,5-6,8H2,1-2H3,(H,25,30)/t13-,15-,18-/m0/s1. The number of aliphatic hydroxyl groups is 1. The minimum atomic E-state index is -0.312. The van der Waals surface area contributed by atoms with E-state index < -0.39 is 0 Å². The number of methoxy groups -OCH3 is 1. The van der Waals surface area contributed by atoms with Crippen LogP contribution in [-0.4, -0.2) is 48.6 Å². The summed E-state index contributed by atoms with van der Waals surface area (Å²) in [4.78, 5) is 17.3. The van der Waals surface area contributed by atoms with Crippen LogP contribution in [0.2, 0.25) is 0 Å². The maximum Gasteiger partial charge on any atom is 0.260 e. The fourth-order valence-electron chi connectivity index (χ4n) is 4.30. The first-order valence-corrected chi connectivity index (χ1v) is 10.4. The maximum atomic E-state index is 13.1. The van der Waals surface area contributed by atoms with Crippen molar-refractivity contribution < 1.29 is 14.6 Å². The Morgan fingerprint density at radius 1 is 1.32 bits per heavy atom. The quantitative estimate of drug-likeness (QED) is 0.526. The summed E-state index contributed by atoms with van der Waals surface area (Å²) in [5, 5.41) is 22.7. The Morgan fingerprint density at radius 3 is 3.00 bits per heavy atom. The second kappa shape index (κ2) is 7.66. The molecule has 0 bridgehead atoms. The number of hydrogen-bond acceptors (Lipinski definition) is 6. The van der Waals surface area contributed by atoms with Crippen molar-refractivity contribution in [3.05, 3.63) is 48.4 Å². The van der Waals surface area contributed by atoms with Crippen molar-refractivity contribution in [2.75, 3.05) is 12.4 Å². The lowest BCUT2D eigenvalue weighted by Crippen LogP contribution is -2.28. The maximum absolute atomic E-state index is 13.1. The number of imidazole rings is 1. The molecule has 31 heavy (non-hydrogen) atoms. The average Bonchev–Trinajstić information content (AvgIpc) is 3.38. The molecular weight excluding hydrogens is 396 g/mol. The second-order valence-electron chi connectivity index (χ2n) is 8.12. The van der Waals surface area contributed by atoms with Crippen LogP contribution in [0, 0.1) is 5.92 Å². The Morgan fingerprint density at radius 2 is 2.19 bits per heavy atom. The van der Waals surface area contributed by atoms with Crippen LogP contribution < -0.4 is 10.1 Å². The summed E-state index contributed by atoms with van der Waals surface area (Å²) >= 11 is 0. The Labute approximate surface area is 178 Å². The number of nitrogens with zero attached hydrogens (tertiary/aromatic N) is 5. The van der Waals surface area contributed by atoms with E-state index in [1.165, 1.54) is 7.11 Å². The Hall–Kier alpha value is -3.46. The molecule has 0 radical (unpaired) electrons. The van der Waals surface area contributed by atoms with Crippen LogP contribution in [0.15, 0.2) is 42.9 Å². The molecule has 9 heteroatoms. The van der Waals surface area contributed by atoms with E-state index >= 15 is 0 Å². The smallest absolute Gasteiger partial charge is 0.260 e. The Bertz CT molecular complexity index is 1260. The van der Waals surface area contributed by atoms with Crippen molar-refractivity contribution in [3.63, 3.8) is 0 Å². The highest BCUT2D eigenvalue weighted by atomic mass is 16.5. The van der Waals surface area contributed by atoms with Crippen molar-refractivity contribution in [2.24, 2.45) is 5.92 Å². The van der Waals surface area contributed by atoms with Gasteiger partial charge in [0.15, 0.2) is 11.5 Å². The summed E-state index contributed by atoms with van der Waals surface area (Å²) in [6.45, 7) is 2.07. The van der Waals surface area contributed by atoms with Gasteiger partial charge in [0.25, 0.3) is 5.91 Å². The summed E-state index contributed by atoms with van der Waals surface area (Å²) in [5.74, 6) is 0.854. The molecule has 3 aromatic heterocycles. The lowest BCUT2D eigenvalue weighted by atomic mass is 9.85. The van der Waals surface area contributed by atoms with E-state index in [9.17, 15) is 9.90 Å². The number of ether oxygens (including phenoxy) is 1. The van der Waals surface area contributed by atoms with Crippen molar-refractivity contribution in [1.29, 1.82) is 0 Å². The third-order valence-electron chi connectivity index (χ3n) is 6.08. The van der Waals surface area contributed by atoms with E-state index in [1.54, 1.807) is 35.1 Å². The molecule has 1 aliphatic rings. The Balaban J connectivity index is 1.46. The third kappa shape index (κ3) is 3.50. The molecule has 5 rings (SSSR count). The zero-order valence-electron chi connectivity index (χ0n) is 17.4. The number of carbonyl (C=O) groups excluding carboxylic acids is 1. The number of aliphatic hydroxyl groups excluding tert-OH is 1. The molecule has 160 valence electrons. The fourth-order valence-corrected chi connectivity index (χ4v) is 4.30. The number of anilines is 1. The monoisotopic (exact) mass is 420 g/mol.